The molecule has 0 saturated heterocycles. The van der Waals surface area contributed by atoms with Crippen LogP contribution in [0.3, 0.4) is 0 Å². The smallest absolute Gasteiger partial charge is 0.417 e. The maximum atomic E-state index is 12.6. The number of aliphatic carboxylic acids is 1. The molecule has 0 amide bonds. The first-order chi connectivity index (χ1) is 8.79. The molecule has 0 fully saturated rings. The zero-order valence-corrected chi connectivity index (χ0v) is 10.6. The topological polar surface area (TPSA) is 67.5 Å². The van der Waals surface area contributed by atoms with Gasteiger partial charge in [0, 0.05) is 6.20 Å². The van der Waals surface area contributed by atoms with E-state index >= 15 is 0 Å². The summed E-state index contributed by atoms with van der Waals surface area (Å²) in [5, 5.41) is 15.6. The first kappa shape index (κ1) is 13.9. The van der Waals surface area contributed by atoms with Gasteiger partial charge < -0.3 is 5.11 Å². The average Bonchev–Trinajstić information content (AvgIpc) is 2.68. The van der Waals surface area contributed by atoms with Crippen LogP contribution >= 0.6 is 23.4 Å². The van der Waals surface area contributed by atoms with E-state index in [1.165, 1.54) is 0 Å². The van der Waals surface area contributed by atoms with Crippen LogP contribution in [0.2, 0.25) is 5.02 Å². The molecule has 0 aliphatic rings. The van der Waals surface area contributed by atoms with Gasteiger partial charge in [0.2, 0.25) is 0 Å². The van der Waals surface area contributed by atoms with Crippen LogP contribution in [-0.2, 0) is 11.0 Å². The van der Waals surface area contributed by atoms with Crippen LogP contribution in [0.25, 0.3) is 5.65 Å². The fraction of sp³-hybridized carbons (Fsp3) is 0.222. The van der Waals surface area contributed by atoms with Crippen molar-refractivity contribution < 1.29 is 23.1 Å². The van der Waals surface area contributed by atoms with Crippen molar-refractivity contribution in [1.82, 2.24) is 14.6 Å². The maximum Gasteiger partial charge on any atom is 0.417 e. The number of hydrogen-bond acceptors (Lipinski definition) is 4. The molecule has 0 saturated carbocycles. The molecule has 10 heteroatoms. The Hall–Kier alpha value is -1.48. The number of pyridine rings is 1. The van der Waals surface area contributed by atoms with Crippen LogP contribution in [0, 0.1) is 0 Å². The molecule has 1 N–H and O–H groups in total. The van der Waals surface area contributed by atoms with Gasteiger partial charge in [0.05, 0.1) is 16.3 Å². The third-order valence-electron chi connectivity index (χ3n) is 2.08. The van der Waals surface area contributed by atoms with Crippen molar-refractivity contribution in [3.8, 4) is 0 Å². The average molecular weight is 312 g/mol. The number of fused-ring (bicyclic) bond motifs is 1. The van der Waals surface area contributed by atoms with Crippen molar-refractivity contribution in [3.63, 3.8) is 0 Å². The van der Waals surface area contributed by atoms with Gasteiger partial charge in [0.25, 0.3) is 0 Å². The highest BCUT2D eigenvalue weighted by Crippen LogP contribution is 2.33. The van der Waals surface area contributed by atoms with Crippen LogP contribution in [0.15, 0.2) is 17.4 Å². The lowest BCUT2D eigenvalue weighted by molar-refractivity contribution is -0.138. The molecule has 0 bridgehead atoms. The summed E-state index contributed by atoms with van der Waals surface area (Å²) in [7, 11) is 0. The number of aromatic nitrogens is 3. The highest BCUT2D eigenvalue weighted by Gasteiger charge is 2.32. The Balaban J connectivity index is 2.50. The van der Waals surface area contributed by atoms with E-state index in [0.29, 0.717) is 0 Å². The Kier molecular flexibility index (Phi) is 3.59. The number of carbonyl (C=O) groups is 1. The molecule has 0 spiro atoms. The number of thioether (sulfide) groups is 1. The van der Waals surface area contributed by atoms with Gasteiger partial charge in [-0.05, 0) is 6.07 Å². The molecule has 2 rings (SSSR count). The summed E-state index contributed by atoms with van der Waals surface area (Å²) in [6.45, 7) is 0. The van der Waals surface area contributed by atoms with Crippen molar-refractivity contribution in [3.05, 3.63) is 22.8 Å². The number of carboxylic acid groups (broad SMARTS) is 1. The minimum atomic E-state index is -4.56. The molecule has 0 atom stereocenters. The summed E-state index contributed by atoms with van der Waals surface area (Å²) in [6, 6.07) is 0.747. The van der Waals surface area contributed by atoms with Gasteiger partial charge in [-0.3, -0.25) is 9.20 Å². The fourth-order valence-corrected chi connectivity index (χ4v) is 2.19. The Labute approximate surface area is 113 Å². The van der Waals surface area contributed by atoms with E-state index in [1.54, 1.807) is 0 Å². The lowest BCUT2D eigenvalue weighted by Crippen LogP contribution is -2.07. The number of hydrogen-bond donors (Lipinski definition) is 1. The molecule has 2 aromatic heterocycles. The summed E-state index contributed by atoms with van der Waals surface area (Å²) in [6.07, 6.45) is -3.78. The molecule has 0 aromatic carbocycles. The summed E-state index contributed by atoms with van der Waals surface area (Å²) in [4.78, 5) is 10.4. The lowest BCUT2D eigenvalue weighted by atomic mass is 10.3. The van der Waals surface area contributed by atoms with Crippen LogP contribution in [0.5, 0.6) is 0 Å². The van der Waals surface area contributed by atoms with Gasteiger partial charge in [0.15, 0.2) is 10.8 Å². The fourth-order valence-electron chi connectivity index (χ4n) is 1.31. The minimum Gasteiger partial charge on any atom is -0.481 e. The van der Waals surface area contributed by atoms with Crippen molar-refractivity contribution in [2.75, 3.05) is 5.75 Å². The Morgan fingerprint density at radius 3 is 2.74 bits per heavy atom. The van der Waals surface area contributed by atoms with E-state index in [9.17, 15) is 18.0 Å². The molecule has 102 valence electrons. The number of rotatable bonds is 3. The minimum absolute atomic E-state index is 0.0328. The van der Waals surface area contributed by atoms with E-state index in [0.717, 1.165) is 28.4 Å². The van der Waals surface area contributed by atoms with Gasteiger partial charge in [0.1, 0.15) is 0 Å². The lowest BCUT2D eigenvalue weighted by Gasteiger charge is -2.08. The molecule has 5 nitrogen and oxygen atoms in total. The van der Waals surface area contributed by atoms with Crippen molar-refractivity contribution in [2.45, 2.75) is 11.3 Å². The Bertz CT molecular complexity index is 643. The SMILES string of the molecule is O=C(O)CSc1nnc2c(Cl)cc(C(F)(F)F)cn12. The summed E-state index contributed by atoms with van der Waals surface area (Å²) >= 11 is 6.45. The normalized spacial score (nSPS) is 12.0. The first-order valence-electron chi connectivity index (χ1n) is 4.75. The van der Waals surface area contributed by atoms with Crippen molar-refractivity contribution in [2.24, 2.45) is 0 Å². The summed E-state index contributed by atoms with van der Waals surface area (Å²) in [5.74, 6) is -1.45. The van der Waals surface area contributed by atoms with Gasteiger partial charge >= 0.3 is 12.1 Å². The predicted octanol–water partition coefficient (Wildman–Crippen LogP) is 2.58. The summed E-state index contributed by atoms with van der Waals surface area (Å²) in [5.41, 5.74) is -0.912. The van der Waals surface area contributed by atoms with E-state index in [4.69, 9.17) is 16.7 Å². The largest absolute Gasteiger partial charge is 0.481 e. The van der Waals surface area contributed by atoms with Crippen LogP contribution in [0.4, 0.5) is 13.2 Å². The second-order valence-electron chi connectivity index (χ2n) is 3.43. The Morgan fingerprint density at radius 2 is 2.16 bits per heavy atom. The number of alkyl halides is 3. The summed E-state index contributed by atoms with van der Waals surface area (Å²) < 4.78 is 38.9. The zero-order chi connectivity index (χ0) is 14.2. The third kappa shape index (κ3) is 2.92. The van der Waals surface area contributed by atoms with Gasteiger partial charge in [-0.1, -0.05) is 23.4 Å². The first-order valence-corrected chi connectivity index (χ1v) is 6.11. The van der Waals surface area contributed by atoms with Crippen LogP contribution < -0.4 is 0 Å². The van der Waals surface area contributed by atoms with Crippen molar-refractivity contribution >= 4 is 35.0 Å². The number of nitrogens with zero attached hydrogens (tertiary/aromatic N) is 3. The van der Waals surface area contributed by atoms with E-state index in [1.807, 2.05) is 0 Å². The number of halogens is 4. The molecule has 0 radical (unpaired) electrons. The van der Waals surface area contributed by atoms with Crippen LogP contribution in [0.1, 0.15) is 5.56 Å². The molecule has 0 aliphatic heterocycles. The van der Waals surface area contributed by atoms with Gasteiger partial charge in [-0.25, -0.2) is 0 Å². The van der Waals surface area contributed by atoms with Gasteiger partial charge in [-0.2, -0.15) is 13.2 Å². The zero-order valence-electron chi connectivity index (χ0n) is 8.98. The molecular formula is C9H5ClF3N3O2S. The molecule has 0 unspecified atom stereocenters. The van der Waals surface area contributed by atoms with E-state index in [-0.39, 0.29) is 21.6 Å². The molecular weight excluding hydrogens is 307 g/mol. The molecule has 0 aliphatic carbocycles. The molecule has 2 heterocycles. The quantitative estimate of drug-likeness (QED) is 0.882. The predicted molar refractivity (Wildman–Crippen MR) is 61.4 cm³/mol. The van der Waals surface area contributed by atoms with Crippen LogP contribution in [-0.4, -0.2) is 31.4 Å². The van der Waals surface area contributed by atoms with E-state index in [2.05, 4.69) is 10.2 Å². The monoisotopic (exact) mass is 311 g/mol. The molecule has 19 heavy (non-hydrogen) atoms. The second-order valence-corrected chi connectivity index (χ2v) is 4.78. The Morgan fingerprint density at radius 1 is 1.47 bits per heavy atom. The second kappa shape index (κ2) is 4.89. The standard InChI is InChI=1S/C9H5ClF3N3O2S/c10-5-1-4(9(11,12)13)2-16-7(5)14-15-8(16)19-3-6(17)18/h1-2H,3H2,(H,17,18). The third-order valence-corrected chi connectivity index (χ3v) is 3.29. The highest BCUT2D eigenvalue weighted by molar-refractivity contribution is 7.99. The van der Waals surface area contributed by atoms with Crippen molar-refractivity contribution in [1.29, 1.82) is 0 Å². The maximum absolute atomic E-state index is 12.6. The number of carboxylic acids is 1. The van der Waals surface area contributed by atoms with E-state index < -0.39 is 17.7 Å². The molecule has 2 aromatic rings. The van der Waals surface area contributed by atoms with Gasteiger partial charge in [-0.15, -0.1) is 10.2 Å². The highest BCUT2D eigenvalue weighted by atomic mass is 35.5.